The lowest BCUT2D eigenvalue weighted by atomic mass is 9.86. The van der Waals surface area contributed by atoms with Gasteiger partial charge in [-0.1, -0.05) is 38.2 Å². The molecular weight excluding hydrogens is 248 g/mol. The molecule has 110 valence electrons. The number of amides is 1. The van der Waals surface area contributed by atoms with E-state index in [0.717, 1.165) is 24.4 Å². The third kappa shape index (κ3) is 4.26. The highest BCUT2D eigenvalue weighted by atomic mass is 16.1. The van der Waals surface area contributed by atoms with E-state index in [1.54, 1.807) is 6.07 Å². The van der Waals surface area contributed by atoms with Crippen molar-refractivity contribution in [2.75, 3.05) is 12.3 Å². The lowest BCUT2D eigenvalue weighted by Crippen LogP contribution is -2.25. The molecular formula is C17H26N2O. The van der Waals surface area contributed by atoms with Crippen molar-refractivity contribution >= 4 is 11.6 Å². The number of rotatable bonds is 5. The largest absolute Gasteiger partial charge is 0.399 e. The molecule has 0 spiro atoms. The lowest BCUT2D eigenvalue weighted by molar-refractivity contribution is 0.0951. The van der Waals surface area contributed by atoms with Gasteiger partial charge in [0.25, 0.3) is 5.91 Å². The molecule has 1 fully saturated rings. The highest BCUT2D eigenvalue weighted by Gasteiger charge is 2.13. The highest BCUT2D eigenvalue weighted by molar-refractivity contribution is 5.96. The van der Waals surface area contributed by atoms with Gasteiger partial charge in [0.15, 0.2) is 0 Å². The number of aryl methyl sites for hydroxylation is 1. The number of anilines is 1. The summed E-state index contributed by atoms with van der Waals surface area (Å²) in [6.45, 7) is 2.71. The van der Waals surface area contributed by atoms with Gasteiger partial charge in [0.05, 0.1) is 0 Å². The summed E-state index contributed by atoms with van der Waals surface area (Å²) in [6.07, 6.45) is 9.26. The number of hydrogen-bond acceptors (Lipinski definition) is 2. The fourth-order valence-corrected chi connectivity index (χ4v) is 3.05. The molecule has 0 atom stereocenters. The number of carbonyl (C=O) groups is 1. The van der Waals surface area contributed by atoms with E-state index < -0.39 is 0 Å². The molecule has 2 rings (SSSR count). The summed E-state index contributed by atoms with van der Waals surface area (Å²) in [6, 6.07) is 5.48. The van der Waals surface area contributed by atoms with E-state index in [-0.39, 0.29) is 5.91 Å². The van der Waals surface area contributed by atoms with Crippen molar-refractivity contribution in [3.05, 3.63) is 29.3 Å². The van der Waals surface area contributed by atoms with Gasteiger partial charge in [-0.3, -0.25) is 4.79 Å². The van der Waals surface area contributed by atoms with E-state index >= 15 is 0 Å². The van der Waals surface area contributed by atoms with Crippen molar-refractivity contribution in [3.8, 4) is 0 Å². The zero-order chi connectivity index (χ0) is 14.4. The molecule has 1 aromatic carbocycles. The molecule has 3 nitrogen and oxygen atoms in total. The van der Waals surface area contributed by atoms with E-state index in [4.69, 9.17) is 5.73 Å². The van der Waals surface area contributed by atoms with Crippen molar-refractivity contribution in [3.63, 3.8) is 0 Å². The average molecular weight is 274 g/mol. The second-order valence-corrected chi connectivity index (χ2v) is 5.98. The summed E-state index contributed by atoms with van der Waals surface area (Å²) in [5, 5.41) is 3.01. The van der Waals surface area contributed by atoms with Crippen molar-refractivity contribution in [1.29, 1.82) is 0 Å². The molecule has 1 saturated carbocycles. The first-order chi connectivity index (χ1) is 9.66. The molecule has 1 aliphatic rings. The van der Waals surface area contributed by atoms with Crippen LogP contribution < -0.4 is 11.1 Å². The molecule has 0 aromatic heterocycles. The Kier molecular flexibility index (Phi) is 5.45. The predicted octanol–water partition coefficient (Wildman–Crippen LogP) is 3.67. The van der Waals surface area contributed by atoms with E-state index in [1.807, 2.05) is 19.1 Å². The maximum absolute atomic E-state index is 12.1. The Bertz CT molecular complexity index is 450. The minimum absolute atomic E-state index is 0.00144. The Balaban J connectivity index is 1.73. The highest BCUT2D eigenvalue weighted by Crippen LogP contribution is 2.26. The monoisotopic (exact) mass is 274 g/mol. The Morgan fingerprint density at radius 1 is 1.30 bits per heavy atom. The first-order valence-electron chi connectivity index (χ1n) is 7.81. The number of hydrogen-bond donors (Lipinski definition) is 2. The molecule has 1 amide bonds. The summed E-state index contributed by atoms with van der Waals surface area (Å²) in [4.78, 5) is 12.1. The van der Waals surface area contributed by atoms with Crippen molar-refractivity contribution in [1.82, 2.24) is 5.32 Å². The summed E-state index contributed by atoms with van der Waals surface area (Å²) >= 11 is 0. The van der Waals surface area contributed by atoms with Crippen LogP contribution in [0.4, 0.5) is 5.69 Å². The van der Waals surface area contributed by atoms with Crippen LogP contribution >= 0.6 is 0 Å². The number of nitrogen functional groups attached to an aromatic ring is 1. The molecule has 0 aliphatic heterocycles. The quantitative estimate of drug-likeness (QED) is 0.636. The molecule has 0 bridgehead atoms. The third-order valence-corrected chi connectivity index (χ3v) is 4.31. The van der Waals surface area contributed by atoms with Crippen LogP contribution in [0.25, 0.3) is 0 Å². The van der Waals surface area contributed by atoms with Crippen LogP contribution in [0.1, 0.15) is 60.9 Å². The second-order valence-electron chi connectivity index (χ2n) is 5.98. The van der Waals surface area contributed by atoms with Crippen LogP contribution in [-0.2, 0) is 0 Å². The minimum Gasteiger partial charge on any atom is -0.399 e. The molecule has 0 radical (unpaired) electrons. The molecule has 3 N–H and O–H groups in total. The van der Waals surface area contributed by atoms with Crippen LogP contribution in [-0.4, -0.2) is 12.5 Å². The van der Waals surface area contributed by atoms with Gasteiger partial charge in [0.1, 0.15) is 0 Å². The topological polar surface area (TPSA) is 55.1 Å². The summed E-state index contributed by atoms with van der Waals surface area (Å²) in [5.74, 6) is 0.883. The Morgan fingerprint density at radius 3 is 2.80 bits per heavy atom. The Morgan fingerprint density at radius 2 is 2.05 bits per heavy atom. The average Bonchev–Trinajstić information content (AvgIpc) is 2.47. The SMILES string of the molecule is Cc1ccc(N)cc1C(=O)NCCCC1CCCCC1. The van der Waals surface area contributed by atoms with Crippen molar-refractivity contribution in [2.45, 2.75) is 51.9 Å². The van der Waals surface area contributed by atoms with Gasteiger partial charge < -0.3 is 11.1 Å². The van der Waals surface area contributed by atoms with E-state index in [9.17, 15) is 4.79 Å². The lowest BCUT2D eigenvalue weighted by Gasteiger charge is -2.21. The summed E-state index contributed by atoms with van der Waals surface area (Å²) < 4.78 is 0. The number of carbonyl (C=O) groups excluding carboxylic acids is 1. The van der Waals surface area contributed by atoms with Crippen molar-refractivity contribution < 1.29 is 4.79 Å². The normalized spacial score (nSPS) is 16.1. The third-order valence-electron chi connectivity index (χ3n) is 4.31. The van der Waals surface area contributed by atoms with Crippen LogP contribution in [0.3, 0.4) is 0 Å². The maximum atomic E-state index is 12.1. The van der Waals surface area contributed by atoms with Gasteiger partial charge in [-0.25, -0.2) is 0 Å². The van der Waals surface area contributed by atoms with Crippen LogP contribution in [0.2, 0.25) is 0 Å². The molecule has 1 aromatic rings. The molecule has 0 saturated heterocycles. The standard InChI is InChI=1S/C17H26N2O/c1-13-9-10-15(18)12-16(13)17(20)19-11-5-8-14-6-3-2-4-7-14/h9-10,12,14H,2-8,11,18H2,1H3,(H,19,20). The van der Waals surface area contributed by atoms with Gasteiger partial charge >= 0.3 is 0 Å². The van der Waals surface area contributed by atoms with E-state index in [0.29, 0.717) is 11.3 Å². The zero-order valence-electron chi connectivity index (χ0n) is 12.5. The number of nitrogens with two attached hydrogens (primary N) is 1. The minimum atomic E-state index is -0.00144. The molecule has 0 unspecified atom stereocenters. The van der Waals surface area contributed by atoms with Gasteiger partial charge in [-0.05, 0) is 43.4 Å². The fraction of sp³-hybridized carbons (Fsp3) is 0.588. The number of nitrogens with one attached hydrogen (secondary N) is 1. The van der Waals surface area contributed by atoms with Gasteiger partial charge in [0, 0.05) is 17.8 Å². The molecule has 1 aliphatic carbocycles. The van der Waals surface area contributed by atoms with Gasteiger partial charge in [0.2, 0.25) is 0 Å². The summed E-state index contributed by atoms with van der Waals surface area (Å²) in [5.41, 5.74) is 8.05. The molecule has 3 heteroatoms. The molecule has 20 heavy (non-hydrogen) atoms. The van der Waals surface area contributed by atoms with Crippen LogP contribution in [0.5, 0.6) is 0 Å². The van der Waals surface area contributed by atoms with Crippen LogP contribution in [0.15, 0.2) is 18.2 Å². The fourth-order valence-electron chi connectivity index (χ4n) is 3.05. The first-order valence-corrected chi connectivity index (χ1v) is 7.81. The smallest absolute Gasteiger partial charge is 0.251 e. The van der Waals surface area contributed by atoms with Gasteiger partial charge in [-0.15, -0.1) is 0 Å². The van der Waals surface area contributed by atoms with Crippen molar-refractivity contribution in [2.24, 2.45) is 5.92 Å². The first kappa shape index (κ1) is 14.9. The molecule has 0 heterocycles. The summed E-state index contributed by atoms with van der Waals surface area (Å²) in [7, 11) is 0. The maximum Gasteiger partial charge on any atom is 0.251 e. The Labute approximate surface area is 121 Å². The van der Waals surface area contributed by atoms with E-state index in [1.165, 1.54) is 38.5 Å². The Hall–Kier alpha value is -1.51. The van der Waals surface area contributed by atoms with Crippen LogP contribution in [0, 0.1) is 12.8 Å². The predicted molar refractivity (Wildman–Crippen MR) is 83.7 cm³/mol. The second kappa shape index (κ2) is 7.32. The van der Waals surface area contributed by atoms with Gasteiger partial charge in [-0.2, -0.15) is 0 Å². The zero-order valence-corrected chi connectivity index (χ0v) is 12.5. The van der Waals surface area contributed by atoms with E-state index in [2.05, 4.69) is 5.32 Å². The number of benzene rings is 1.